The van der Waals surface area contributed by atoms with E-state index in [1.54, 1.807) is 6.20 Å². The van der Waals surface area contributed by atoms with Crippen molar-refractivity contribution in [3.63, 3.8) is 0 Å². The molecule has 0 N–H and O–H groups in total. The van der Waals surface area contributed by atoms with Crippen molar-refractivity contribution in [1.82, 2.24) is 24.2 Å². The molecule has 27 heavy (non-hydrogen) atoms. The quantitative estimate of drug-likeness (QED) is 0.524. The van der Waals surface area contributed by atoms with Gasteiger partial charge in [0.2, 0.25) is 0 Å². The van der Waals surface area contributed by atoms with Gasteiger partial charge in [-0.25, -0.2) is 4.98 Å². The summed E-state index contributed by atoms with van der Waals surface area (Å²) in [4.78, 5) is 26.7. The molecule has 1 saturated heterocycles. The summed E-state index contributed by atoms with van der Waals surface area (Å²) in [6.07, 6.45) is 4.59. The zero-order valence-corrected chi connectivity index (χ0v) is 15.3. The van der Waals surface area contributed by atoms with E-state index in [1.807, 2.05) is 47.5 Å². The summed E-state index contributed by atoms with van der Waals surface area (Å²) < 4.78 is 2.09. The Bertz CT molecular complexity index is 1170. The van der Waals surface area contributed by atoms with Crippen LogP contribution in [0.5, 0.6) is 0 Å². The fourth-order valence-corrected chi connectivity index (χ4v) is 3.96. The van der Waals surface area contributed by atoms with E-state index in [-0.39, 0.29) is 5.91 Å². The Labute approximate surface area is 157 Å². The molecule has 0 bridgehead atoms. The third kappa shape index (κ3) is 2.64. The van der Waals surface area contributed by atoms with Gasteiger partial charge >= 0.3 is 0 Å². The normalized spacial score (nSPS) is 16.3. The zero-order chi connectivity index (χ0) is 18.4. The number of hydrogen-bond acceptors (Lipinski definition) is 4. The fraction of sp³-hybridized carbons (Fsp3) is 0.286. The number of fused-ring (bicyclic) bond motifs is 5. The molecule has 1 fully saturated rings. The Hall–Kier alpha value is -2.99. The van der Waals surface area contributed by atoms with E-state index < -0.39 is 0 Å². The molecule has 0 saturated carbocycles. The summed E-state index contributed by atoms with van der Waals surface area (Å²) in [7, 11) is 2.11. The number of nitrogens with zero attached hydrogens (tertiary/aromatic N) is 5. The van der Waals surface area contributed by atoms with Crippen LogP contribution in [0, 0.1) is 0 Å². The van der Waals surface area contributed by atoms with Gasteiger partial charge < -0.3 is 9.80 Å². The lowest BCUT2D eigenvalue weighted by Gasteiger charge is -2.21. The highest BCUT2D eigenvalue weighted by molar-refractivity contribution is 6.05. The highest BCUT2D eigenvalue weighted by Gasteiger charge is 2.23. The molecule has 4 heterocycles. The number of pyridine rings is 2. The second-order valence-electron chi connectivity index (χ2n) is 7.20. The number of rotatable bonds is 1. The number of hydrogen-bond donors (Lipinski definition) is 0. The average molecular weight is 359 g/mol. The van der Waals surface area contributed by atoms with Crippen LogP contribution in [0.3, 0.4) is 0 Å². The summed E-state index contributed by atoms with van der Waals surface area (Å²) in [5.74, 6) is 0.0522. The van der Waals surface area contributed by atoms with Gasteiger partial charge in [0.15, 0.2) is 5.65 Å². The zero-order valence-electron chi connectivity index (χ0n) is 15.3. The number of para-hydroxylation sites is 2. The van der Waals surface area contributed by atoms with E-state index in [2.05, 4.69) is 21.3 Å². The minimum Gasteiger partial charge on any atom is -0.337 e. The number of carbonyl (C=O) groups excluding carboxylic acids is 1. The van der Waals surface area contributed by atoms with Crippen molar-refractivity contribution >= 4 is 33.5 Å². The number of amides is 1. The molecule has 136 valence electrons. The van der Waals surface area contributed by atoms with Crippen molar-refractivity contribution in [2.24, 2.45) is 0 Å². The Morgan fingerprint density at radius 2 is 1.93 bits per heavy atom. The van der Waals surface area contributed by atoms with Crippen LogP contribution >= 0.6 is 0 Å². The van der Waals surface area contributed by atoms with Crippen LogP contribution in [-0.2, 0) is 0 Å². The van der Waals surface area contributed by atoms with Gasteiger partial charge in [-0.3, -0.25) is 14.2 Å². The van der Waals surface area contributed by atoms with Gasteiger partial charge in [-0.15, -0.1) is 0 Å². The number of imidazole rings is 1. The summed E-state index contributed by atoms with van der Waals surface area (Å²) >= 11 is 0. The monoisotopic (exact) mass is 359 g/mol. The molecular weight excluding hydrogens is 338 g/mol. The maximum Gasteiger partial charge on any atom is 0.257 e. The smallest absolute Gasteiger partial charge is 0.257 e. The van der Waals surface area contributed by atoms with E-state index in [9.17, 15) is 4.79 Å². The Morgan fingerprint density at radius 3 is 2.85 bits per heavy atom. The average Bonchev–Trinajstić information content (AvgIpc) is 2.96. The third-order valence-corrected chi connectivity index (χ3v) is 5.41. The van der Waals surface area contributed by atoms with Gasteiger partial charge in [-0.2, -0.15) is 0 Å². The third-order valence-electron chi connectivity index (χ3n) is 5.41. The predicted molar refractivity (Wildman–Crippen MR) is 106 cm³/mol. The summed E-state index contributed by atoms with van der Waals surface area (Å²) in [5.41, 5.74) is 4.29. The number of benzene rings is 1. The van der Waals surface area contributed by atoms with Crippen molar-refractivity contribution < 1.29 is 4.79 Å². The van der Waals surface area contributed by atoms with E-state index in [0.717, 1.165) is 60.2 Å². The van der Waals surface area contributed by atoms with Gasteiger partial charge in [-0.1, -0.05) is 12.1 Å². The lowest BCUT2D eigenvalue weighted by Crippen LogP contribution is -2.34. The molecule has 5 rings (SSSR count). The lowest BCUT2D eigenvalue weighted by molar-refractivity contribution is 0.0764. The fourth-order valence-electron chi connectivity index (χ4n) is 3.96. The maximum atomic E-state index is 13.4. The summed E-state index contributed by atoms with van der Waals surface area (Å²) in [5, 5.41) is 0.948. The second kappa shape index (κ2) is 6.32. The SMILES string of the molecule is CN1CCCN(C(=O)c2cc3cnccc3n3c2nc2ccccc23)CC1. The molecule has 4 aromatic rings. The molecule has 3 aromatic heterocycles. The number of likely N-dealkylation sites (N-methyl/N-ethyl adjacent to an activating group) is 1. The molecule has 6 nitrogen and oxygen atoms in total. The van der Waals surface area contributed by atoms with Crippen LogP contribution in [0.1, 0.15) is 16.8 Å². The summed E-state index contributed by atoms with van der Waals surface area (Å²) in [6.45, 7) is 3.44. The molecule has 1 aliphatic rings. The van der Waals surface area contributed by atoms with Gasteiger partial charge in [0.25, 0.3) is 5.91 Å². The van der Waals surface area contributed by atoms with Crippen molar-refractivity contribution in [2.45, 2.75) is 6.42 Å². The molecule has 1 aromatic carbocycles. The van der Waals surface area contributed by atoms with E-state index in [1.165, 1.54) is 0 Å². The first-order chi connectivity index (χ1) is 13.2. The van der Waals surface area contributed by atoms with Crippen LogP contribution in [0.4, 0.5) is 0 Å². The second-order valence-corrected chi connectivity index (χ2v) is 7.20. The van der Waals surface area contributed by atoms with Crippen LogP contribution < -0.4 is 0 Å². The van der Waals surface area contributed by atoms with E-state index in [0.29, 0.717) is 5.56 Å². The molecule has 1 amide bonds. The van der Waals surface area contributed by atoms with Crippen molar-refractivity contribution in [3.05, 3.63) is 54.4 Å². The molecule has 1 aliphatic heterocycles. The molecule has 6 heteroatoms. The largest absolute Gasteiger partial charge is 0.337 e. The first kappa shape index (κ1) is 16.2. The Morgan fingerprint density at radius 1 is 1.04 bits per heavy atom. The Balaban J connectivity index is 1.74. The molecule has 0 atom stereocenters. The minimum absolute atomic E-state index is 0.0522. The van der Waals surface area contributed by atoms with Gasteiger partial charge in [0.1, 0.15) is 0 Å². The summed E-state index contributed by atoms with van der Waals surface area (Å²) in [6, 6.07) is 11.9. The standard InChI is InChI=1S/C21H21N5O/c1-24-9-4-10-25(12-11-24)21(27)16-13-15-14-22-8-7-18(15)26-19-6-3-2-5-17(19)23-20(16)26/h2-3,5-8,13-14H,4,9-12H2,1H3. The highest BCUT2D eigenvalue weighted by atomic mass is 16.2. The lowest BCUT2D eigenvalue weighted by atomic mass is 10.1. The van der Waals surface area contributed by atoms with Crippen LogP contribution in [-0.4, -0.2) is 63.3 Å². The van der Waals surface area contributed by atoms with Crippen LogP contribution in [0.25, 0.3) is 27.6 Å². The first-order valence-electron chi connectivity index (χ1n) is 9.34. The van der Waals surface area contributed by atoms with Crippen molar-refractivity contribution in [3.8, 4) is 0 Å². The van der Waals surface area contributed by atoms with Crippen LogP contribution in [0.15, 0.2) is 48.8 Å². The van der Waals surface area contributed by atoms with Crippen LogP contribution in [0.2, 0.25) is 0 Å². The number of carbonyl (C=O) groups is 1. The first-order valence-corrected chi connectivity index (χ1v) is 9.34. The minimum atomic E-state index is 0.0522. The van der Waals surface area contributed by atoms with Crippen molar-refractivity contribution in [2.75, 3.05) is 33.2 Å². The van der Waals surface area contributed by atoms with Gasteiger partial charge in [0, 0.05) is 37.4 Å². The van der Waals surface area contributed by atoms with Gasteiger partial charge in [-0.05, 0) is 44.3 Å². The number of aromatic nitrogens is 3. The van der Waals surface area contributed by atoms with E-state index in [4.69, 9.17) is 4.98 Å². The Kier molecular flexibility index (Phi) is 3.79. The van der Waals surface area contributed by atoms with Gasteiger partial charge in [0.05, 0.1) is 22.1 Å². The molecule has 0 aliphatic carbocycles. The molecule has 0 unspecified atom stereocenters. The molecular formula is C21H21N5O. The highest BCUT2D eigenvalue weighted by Crippen LogP contribution is 2.26. The van der Waals surface area contributed by atoms with E-state index >= 15 is 0 Å². The molecule has 0 spiro atoms. The van der Waals surface area contributed by atoms with Crippen molar-refractivity contribution in [1.29, 1.82) is 0 Å². The maximum absolute atomic E-state index is 13.4. The molecule has 0 radical (unpaired) electrons. The predicted octanol–water partition coefficient (Wildman–Crippen LogP) is 2.81. The topological polar surface area (TPSA) is 53.7 Å².